The zero-order chi connectivity index (χ0) is 23.4. The highest BCUT2D eigenvalue weighted by atomic mass is 32.1. The summed E-state index contributed by atoms with van der Waals surface area (Å²) in [6.07, 6.45) is 1.68. The van der Waals surface area contributed by atoms with E-state index in [9.17, 15) is 4.79 Å². The number of carbonyl (C=O) groups excluding carboxylic acids is 1. The monoisotopic (exact) mass is 460 g/mol. The lowest BCUT2D eigenvalue weighted by Gasteiger charge is -2.38. The van der Waals surface area contributed by atoms with Gasteiger partial charge in [-0.2, -0.15) is 0 Å². The molecule has 168 valence electrons. The first kappa shape index (κ1) is 22.3. The predicted molar refractivity (Wildman–Crippen MR) is 132 cm³/mol. The zero-order valence-electron chi connectivity index (χ0n) is 18.4. The highest BCUT2D eigenvalue weighted by Gasteiger charge is 2.36. The van der Waals surface area contributed by atoms with Gasteiger partial charge in [-0.05, 0) is 44.3 Å². The maximum atomic E-state index is 13.6. The summed E-state index contributed by atoms with van der Waals surface area (Å²) >= 11 is 5.73. The molecular weight excluding hydrogens is 436 g/mol. The summed E-state index contributed by atoms with van der Waals surface area (Å²) in [5.41, 5.74) is 2.83. The van der Waals surface area contributed by atoms with Crippen LogP contribution in [0.3, 0.4) is 0 Å². The summed E-state index contributed by atoms with van der Waals surface area (Å²) in [4.78, 5) is 15.4. The third-order valence-corrected chi connectivity index (χ3v) is 5.50. The van der Waals surface area contributed by atoms with E-state index in [1.54, 1.807) is 19.1 Å². The minimum atomic E-state index is -0.536. The van der Waals surface area contributed by atoms with Gasteiger partial charge in [-0.25, -0.2) is 0 Å². The number of nitrogens with zero attached hydrogens (tertiary/aromatic N) is 2. The fourth-order valence-corrected chi connectivity index (χ4v) is 4.13. The number of rotatable bonds is 7. The van der Waals surface area contributed by atoms with Gasteiger partial charge < -0.3 is 19.9 Å². The highest BCUT2D eigenvalue weighted by molar-refractivity contribution is 7.80. The Morgan fingerprint density at radius 2 is 1.97 bits per heavy atom. The van der Waals surface area contributed by atoms with Crippen molar-refractivity contribution in [1.82, 2.24) is 10.5 Å². The van der Waals surface area contributed by atoms with Crippen LogP contribution in [0.5, 0.6) is 5.75 Å². The Hall–Kier alpha value is -3.91. The number of amides is 1. The number of nitrogens with one attached hydrogen (secondary N) is 2. The van der Waals surface area contributed by atoms with Gasteiger partial charge in [0.05, 0.1) is 11.6 Å². The topological polar surface area (TPSA) is 79.6 Å². The molecular formula is C25H24N4O3S. The number of aromatic nitrogens is 1. The van der Waals surface area contributed by atoms with Crippen LogP contribution in [0.25, 0.3) is 0 Å². The van der Waals surface area contributed by atoms with Gasteiger partial charge in [0.25, 0.3) is 5.91 Å². The van der Waals surface area contributed by atoms with Crippen molar-refractivity contribution >= 4 is 34.7 Å². The molecule has 2 heterocycles. The average Bonchev–Trinajstić information content (AvgIpc) is 3.22. The zero-order valence-corrected chi connectivity index (χ0v) is 19.2. The van der Waals surface area contributed by atoms with Gasteiger partial charge in [-0.1, -0.05) is 54.2 Å². The molecule has 1 atom stereocenters. The highest BCUT2D eigenvalue weighted by Crippen LogP contribution is 2.37. The van der Waals surface area contributed by atoms with E-state index in [1.165, 1.54) is 0 Å². The molecule has 0 radical (unpaired) electrons. The van der Waals surface area contributed by atoms with Crippen molar-refractivity contribution in [2.24, 2.45) is 0 Å². The molecule has 0 fully saturated rings. The van der Waals surface area contributed by atoms with Gasteiger partial charge in [-0.3, -0.25) is 9.69 Å². The second-order valence-corrected chi connectivity index (χ2v) is 7.85. The lowest BCUT2D eigenvalue weighted by molar-refractivity contribution is -0.113. The number of para-hydroxylation sites is 2. The third kappa shape index (κ3) is 4.65. The van der Waals surface area contributed by atoms with Crippen molar-refractivity contribution in [3.8, 4) is 5.75 Å². The number of ether oxygens (including phenoxy) is 1. The first-order chi connectivity index (χ1) is 16.0. The van der Waals surface area contributed by atoms with Gasteiger partial charge in [0.15, 0.2) is 10.9 Å². The lowest BCUT2D eigenvalue weighted by atomic mass is 9.93. The van der Waals surface area contributed by atoms with Gasteiger partial charge in [0, 0.05) is 23.0 Å². The van der Waals surface area contributed by atoms with Crippen molar-refractivity contribution in [2.45, 2.75) is 19.9 Å². The number of anilines is 2. The summed E-state index contributed by atoms with van der Waals surface area (Å²) in [6.45, 7) is 7.70. The number of aryl methyl sites for hydroxylation is 1. The fourth-order valence-electron chi connectivity index (χ4n) is 3.77. The summed E-state index contributed by atoms with van der Waals surface area (Å²) < 4.78 is 11.0. The Morgan fingerprint density at radius 1 is 1.24 bits per heavy atom. The number of hydrogen-bond donors (Lipinski definition) is 2. The molecule has 0 bridgehead atoms. The van der Waals surface area contributed by atoms with E-state index in [1.807, 2.05) is 66.4 Å². The second kappa shape index (κ2) is 9.70. The van der Waals surface area contributed by atoms with Gasteiger partial charge >= 0.3 is 0 Å². The lowest BCUT2D eigenvalue weighted by Crippen LogP contribution is -2.48. The summed E-state index contributed by atoms with van der Waals surface area (Å²) in [6, 6.07) is 18.3. The molecule has 33 heavy (non-hydrogen) atoms. The van der Waals surface area contributed by atoms with Crippen LogP contribution in [-0.2, 0) is 4.79 Å². The van der Waals surface area contributed by atoms with Crippen molar-refractivity contribution < 1.29 is 14.1 Å². The molecule has 0 unspecified atom stereocenters. The Morgan fingerprint density at radius 3 is 2.67 bits per heavy atom. The van der Waals surface area contributed by atoms with Gasteiger partial charge in [-0.15, -0.1) is 0 Å². The first-order valence-corrected chi connectivity index (χ1v) is 10.8. The number of benzene rings is 2. The molecule has 0 aliphatic carbocycles. The maximum absolute atomic E-state index is 13.6. The molecule has 0 saturated carbocycles. The van der Waals surface area contributed by atoms with Crippen LogP contribution in [0.15, 0.2) is 89.1 Å². The fraction of sp³-hybridized carbons (Fsp3) is 0.160. The molecule has 1 amide bonds. The van der Waals surface area contributed by atoms with Crippen LogP contribution >= 0.6 is 12.2 Å². The molecule has 1 aliphatic rings. The molecule has 8 heteroatoms. The minimum Gasteiger partial charge on any atom is -0.489 e. The van der Waals surface area contributed by atoms with Crippen LogP contribution < -0.4 is 20.3 Å². The third-order valence-electron chi connectivity index (χ3n) is 5.20. The summed E-state index contributed by atoms with van der Waals surface area (Å²) in [5, 5.41) is 10.6. The molecule has 1 aromatic heterocycles. The maximum Gasteiger partial charge on any atom is 0.257 e. The number of hydrogen-bond acceptors (Lipinski definition) is 5. The molecule has 2 N–H and O–H groups in total. The standard InChI is InChI=1S/C25H24N4O3S/c1-4-14-31-20-13-9-8-12-19(20)23-22(24(30)26-21-15-16(2)32-28-21)17(3)29(25(33)27-23)18-10-6-5-7-11-18/h4-13,15,23H,1,14H2,2-3H3,(H,27,33)(H,26,28,30)/t23-/m1/s1. The predicted octanol–water partition coefficient (Wildman–Crippen LogP) is 4.90. The van der Waals surface area contributed by atoms with E-state index < -0.39 is 6.04 Å². The number of thiocarbonyl (C=S) groups is 1. The largest absolute Gasteiger partial charge is 0.489 e. The van der Waals surface area contributed by atoms with E-state index in [2.05, 4.69) is 22.4 Å². The van der Waals surface area contributed by atoms with E-state index in [-0.39, 0.29) is 5.91 Å². The Kier molecular flexibility index (Phi) is 6.55. The molecule has 3 aromatic rings. The first-order valence-electron chi connectivity index (χ1n) is 10.4. The molecule has 0 saturated heterocycles. The van der Waals surface area contributed by atoms with Crippen LogP contribution in [-0.4, -0.2) is 22.8 Å². The van der Waals surface area contributed by atoms with E-state index >= 15 is 0 Å². The second-order valence-electron chi connectivity index (χ2n) is 7.47. The molecule has 2 aromatic carbocycles. The minimum absolute atomic E-state index is 0.319. The van der Waals surface area contributed by atoms with Crippen LogP contribution in [0, 0.1) is 6.92 Å². The quantitative estimate of drug-likeness (QED) is 0.384. The van der Waals surface area contributed by atoms with Crippen molar-refractivity contribution in [3.05, 3.63) is 95.9 Å². The van der Waals surface area contributed by atoms with E-state index in [0.717, 1.165) is 11.3 Å². The summed E-state index contributed by atoms with van der Waals surface area (Å²) in [5.74, 6) is 1.26. The summed E-state index contributed by atoms with van der Waals surface area (Å²) in [7, 11) is 0. The van der Waals surface area contributed by atoms with Crippen LogP contribution in [0.1, 0.15) is 24.3 Å². The Balaban J connectivity index is 1.82. The Bertz CT molecular complexity index is 1220. The van der Waals surface area contributed by atoms with Crippen molar-refractivity contribution in [1.29, 1.82) is 0 Å². The van der Waals surface area contributed by atoms with Gasteiger partial charge in [0.2, 0.25) is 0 Å². The van der Waals surface area contributed by atoms with Gasteiger partial charge in [0.1, 0.15) is 18.1 Å². The van der Waals surface area contributed by atoms with E-state index in [0.29, 0.717) is 40.3 Å². The smallest absolute Gasteiger partial charge is 0.257 e. The molecule has 7 nitrogen and oxygen atoms in total. The molecule has 0 spiro atoms. The number of carbonyl (C=O) groups is 1. The van der Waals surface area contributed by atoms with E-state index in [4.69, 9.17) is 21.5 Å². The normalized spacial score (nSPS) is 15.8. The van der Waals surface area contributed by atoms with Crippen molar-refractivity contribution in [2.75, 3.05) is 16.8 Å². The SMILES string of the molecule is C=CCOc1ccccc1[C@H]1NC(=S)N(c2ccccc2)C(C)=C1C(=O)Nc1cc(C)on1. The van der Waals surface area contributed by atoms with Crippen molar-refractivity contribution in [3.63, 3.8) is 0 Å². The van der Waals surface area contributed by atoms with Crippen LogP contribution in [0.2, 0.25) is 0 Å². The Labute approximate surface area is 197 Å². The molecule has 1 aliphatic heterocycles. The number of allylic oxidation sites excluding steroid dienone is 1. The molecule has 4 rings (SSSR count). The average molecular weight is 461 g/mol. The van der Waals surface area contributed by atoms with Crippen LogP contribution in [0.4, 0.5) is 11.5 Å².